The molecule has 0 bridgehead atoms. The van der Waals surface area contributed by atoms with Crippen molar-refractivity contribution in [1.82, 2.24) is 9.55 Å². The number of rotatable bonds is 7. The van der Waals surface area contributed by atoms with Gasteiger partial charge in [-0.05, 0) is 12.3 Å². The molecule has 1 aromatic rings. The topological polar surface area (TPSA) is 98.5 Å². The van der Waals surface area contributed by atoms with E-state index >= 15 is 0 Å². The molecule has 0 aliphatic rings. The van der Waals surface area contributed by atoms with Crippen molar-refractivity contribution in [3.63, 3.8) is 0 Å². The van der Waals surface area contributed by atoms with Crippen LogP contribution in [0.1, 0.15) is 26.3 Å². The smallest absolute Gasteiger partial charge is 0.328 e. The van der Waals surface area contributed by atoms with Gasteiger partial charge in [-0.2, -0.15) is 4.98 Å². The third-order valence-electron chi connectivity index (χ3n) is 2.63. The molecule has 0 radical (unpaired) electrons. The van der Waals surface area contributed by atoms with E-state index in [0.717, 1.165) is 11.8 Å². The third kappa shape index (κ3) is 5.22. The van der Waals surface area contributed by atoms with Crippen LogP contribution in [0.3, 0.4) is 0 Å². The molecule has 21 heavy (non-hydrogen) atoms. The Kier molecular flexibility index (Phi) is 6.41. The standard InChI is InChI=1S/C13H18N2O5S/c1-8(2)6-9(12(19)20-3)15-5-4-10(16)14-13(15)21-7-11(17)18/h4-5,8-9H,6-7H2,1-3H3,(H,17,18). The number of hydrogen-bond acceptors (Lipinski definition) is 6. The lowest BCUT2D eigenvalue weighted by atomic mass is 10.0. The maximum absolute atomic E-state index is 11.9. The summed E-state index contributed by atoms with van der Waals surface area (Å²) in [4.78, 5) is 37.8. The van der Waals surface area contributed by atoms with Gasteiger partial charge in [-0.15, -0.1) is 0 Å². The fourth-order valence-electron chi connectivity index (χ4n) is 1.77. The largest absolute Gasteiger partial charge is 0.481 e. The fourth-order valence-corrected chi connectivity index (χ4v) is 2.52. The minimum atomic E-state index is -1.02. The van der Waals surface area contributed by atoms with E-state index in [2.05, 4.69) is 4.98 Å². The highest BCUT2D eigenvalue weighted by molar-refractivity contribution is 7.99. The minimum Gasteiger partial charge on any atom is -0.481 e. The van der Waals surface area contributed by atoms with Crippen LogP contribution in [0.4, 0.5) is 0 Å². The second kappa shape index (κ2) is 7.82. The summed E-state index contributed by atoms with van der Waals surface area (Å²) >= 11 is 0.897. The van der Waals surface area contributed by atoms with Gasteiger partial charge in [0.15, 0.2) is 5.16 Å². The van der Waals surface area contributed by atoms with Crippen LogP contribution in [0.15, 0.2) is 22.2 Å². The Morgan fingerprint density at radius 3 is 2.67 bits per heavy atom. The van der Waals surface area contributed by atoms with Crippen molar-refractivity contribution in [2.75, 3.05) is 12.9 Å². The van der Waals surface area contributed by atoms with E-state index in [1.807, 2.05) is 13.8 Å². The number of carboxylic acids is 1. The molecule has 1 rings (SSSR count). The predicted octanol–water partition coefficient (Wildman–Crippen LogP) is 1.18. The molecule has 0 saturated carbocycles. The highest BCUT2D eigenvalue weighted by atomic mass is 32.2. The van der Waals surface area contributed by atoms with Crippen LogP contribution in [-0.2, 0) is 14.3 Å². The summed E-state index contributed by atoms with van der Waals surface area (Å²) in [7, 11) is 1.29. The lowest BCUT2D eigenvalue weighted by Crippen LogP contribution is -2.26. The molecule has 0 aromatic carbocycles. The molecule has 1 N–H and O–H groups in total. The van der Waals surface area contributed by atoms with Crippen molar-refractivity contribution in [2.24, 2.45) is 5.92 Å². The van der Waals surface area contributed by atoms with Gasteiger partial charge in [0.1, 0.15) is 6.04 Å². The predicted molar refractivity (Wildman–Crippen MR) is 77.4 cm³/mol. The number of carboxylic acid groups (broad SMARTS) is 1. The maximum Gasteiger partial charge on any atom is 0.328 e. The highest BCUT2D eigenvalue weighted by Crippen LogP contribution is 2.24. The SMILES string of the molecule is COC(=O)C(CC(C)C)n1ccc(=O)nc1SCC(=O)O. The zero-order valence-corrected chi connectivity index (χ0v) is 12.9. The number of hydrogen-bond donors (Lipinski definition) is 1. The van der Waals surface area contributed by atoms with E-state index in [9.17, 15) is 14.4 Å². The Morgan fingerprint density at radius 1 is 1.48 bits per heavy atom. The Balaban J connectivity index is 3.19. The van der Waals surface area contributed by atoms with Crippen LogP contribution in [0.25, 0.3) is 0 Å². The number of esters is 1. The monoisotopic (exact) mass is 314 g/mol. The van der Waals surface area contributed by atoms with E-state index in [1.54, 1.807) is 0 Å². The molecule has 8 heteroatoms. The molecule has 1 aromatic heterocycles. The summed E-state index contributed by atoms with van der Waals surface area (Å²) < 4.78 is 6.29. The Labute approximate surface area is 126 Å². The molecule has 116 valence electrons. The van der Waals surface area contributed by atoms with Crippen LogP contribution >= 0.6 is 11.8 Å². The van der Waals surface area contributed by atoms with Crippen LogP contribution in [0.5, 0.6) is 0 Å². The van der Waals surface area contributed by atoms with Gasteiger partial charge in [-0.25, -0.2) is 4.79 Å². The summed E-state index contributed by atoms with van der Waals surface area (Å²) in [6.07, 6.45) is 1.95. The molecule has 0 fully saturated rings. The van der Waals surface area contributed by atoms with Crippen molar-refractivity contribution >= 4 is 23.7 Å². The molecule has 0 amide bonds. The number of thioether (sulfide) groups is 1. The van der Waals surface area contributed by atoms with Gasteiger partial charge < -0.3 is 14.4 Å². The maximum atomic E-state index is 11.9. The zero-order chi connectivity index (χ0) is 16.0. The van der Waals surface area contributed by atoms with Crippen LogP contribution in [0.2, 0.25) is 0 Å². The zero-order valence-electron chi connectivity index (χ0n) is 12.1. The molecule has 0 aliphatic carbocycles. The summed E-state index contributed by atoms with van der Waals surface area (Å²) in [6.45, 7) is 3.91. The van der Waals surface area contributed by atoms with Gasteiger partial charge in [0.2, 0.25) is 0 Å². The Hall–Kier alpha value is -1.83. The molecule has 1 atom stereocenters. The van der Waals surface area contributed by atoms with Gasteiger partial charge in [-0.3, -0.25) is 9.59 Å². The van der Waals surface area contributed by atoms with E-state index < -0.39 is 23.5 Å². The van der Waals surface area contributed by atoms with Crippen molar-refractivity contribution < 1.29 is 19.4 Å². The average molecular weight is 314 g/mol. The fraction of sp³-hybridized carbons (Fsp3) is 0.538. The number of carbonyl (C=O) groups is 2. The highest BCUT2D eigenvalue weighted by Gasteiger charge is 2.24. The number of methoxy groups -OCH3 is 1. The summed E-state index contributed by atoms with van der Waals surface area (Å²) in [5.41, 5.74) is -0.479. The third-order valence-corrected chi connectivity index (χ3v) is 3.58. The summed E-state index contributed by atoms with van der Waals surface area (Å²) in [6, 6.07) is 0.598. The number of aromatic nitrogens is 2. The average Bonchev–Trinajstić information content (AvgIpc) is 2.42. The first-order valence-electron chi connectivity index (χ1n) is 6.36. The van der Waals surface area contributed by atoms with Crippen molar-refractivity contribution in [3.8, 4) is 0 Å². The van der Waals surface area contributed by atoms with Crippen LogP contribution < -0.4 is 5.56 Å². The van der Waals surface area contributed by atoms with Crippen LogP contribution in [0, 0.1) is 5.92 Å². The van der Waals surface area contributed by atoms with Gasteiger partial charge >= 0.3 is 11.9 Å². The lowest BCUT2D eigenvalue weighted by Gasteiger charge is -2.22. The molecular formula is C13H18N2O5S. The van der Waals surface area contributed by atoms with Gasteiger partial charge in [-0.1, -0.05) is 25.6 Å². The summed E-state index contributed by atoms with van der Waals surface area (Å²) in [5, 5.41) is 8.94. The second-order valence-corrected chi connectivity index (χ2v) is 5.75. The number of nitrogens with zero attached hydrogens (tertiary/aromatic N) is 2. The molecule has 0 aliphatic heterocycles. The van der Waals surface area contributed by atoms with E-state index in [4.69, 9.17) is 9.84 Å². The number of ether oxygens (including phenoxy) is 1. The molecule has 7 nitrogen and oxygen atoms in total. The molecule has 1 unspecified atom stereocenters. The second-order valence-electron chi connectivity index (χ2n) is 4.81. The van der Waals surface area contributed by atoms with Crippen molar-refractivity contribution in [2.45, 2.75) is 31.5 Å². The van der Waals surface area contributed by atoms with Crippen molar-refractivity contribution in [3.05, 3.63) is 22.6 Å². The molecule has 0 saturated heterocycles. The van der Waals surface area contributed by atoms with Gasteiger partial charge in [0.05, 0.1) is 12.9 Å². The van der Waals surface area contributed by atoms with E-state index in [1.165, 1.54) is 23.9 Å². The first-order chi connectivity index (χ1) is 9.85. The van der Waals surface area contributed by atoms with Crippen LogP contribution in [-0.4, -0.2) is 39.5 Å². The number of carbonyl (C=O) groups excluding carboxylic acids is 1. The van der Waals surface area contributed by atoms with E-state index in [-0.39, 0.29) is 16.8 Å². The Bertz CT molecular complexity index is 570. The molecular weight excluding hydrogens is 296 g/mol. The normalized spacial score (nSPS) is 12.2. The van der Waals surface area contributed by atoms with E-state index in [0.29, 0.717) is 6.42 Å². The van der Waals surface area contributed by atoms with Gasteiger partial charge in [0, 0.05) is 12.3 Å². The van der Waals surface area contributed by atoms with Crippen molar-refractivity contribution in [1.29, 1.82) is 0 Å². The Morgan fingerprint density at radius 2 is 2.14 bits per heavy atom. The lowest BCUT2D eigenvalue weighted by molar-refractivity contribution is -0.145. The first-order valence-corrected chi connectivity index (χ1v) is 7.35. The number of aliphatic carboxylic acids is 1. The molecule has 0 spiro atoms. The summed E-state index contributed by atoms with van der Waals surface area (Å²) in [5.74, 6) is -1.51. The quantitative estimate of drug-likeness (QED) is 0.458. The molecule has 1 heterocycles. The van der Waals surface area contributed by atoms with Gasteiger partial charge in [0.25, 0.3) is 5.56 Å². The first kappa shape index (κ1) is 17.2. The minimum absolute atomic E-state index is 0.195.